The van der Waals surface area contributed by atoms with Gasteiger partial charge in [-0.1, -0.05) is 30.3 Å². The largest absolute Gasteiger partial charge is 0.416 e. The summed E-state index contributed by atoms with van der Waals surface area (Å²) >= 11 is 0. The average molecular weight is 524 g/mol. The summed E-state index contributed by atoms with van der Waals surface area (Å²) in [6.45, 7) is 1.15. The van der Waals surface area contributed by atoms with Crippen LogP contribution >= 0.6 is 24.0 Å². The molecule has 0 saturated heterocycles. The van der Waals surface area contributed by atoms with Gasteiger partial charge in [-0.25, -0.2) is 4.39 Å². The second-order valence-electron chi connectivity index (χ2n) is 6.64. The van der Waals surface area contributed by atoms with Gasteiger partial charge >= 0.3 is 6.18 Å². The number of nitrogens with zero attached hydrogens (tertiary/aromatic N) is 2. The van der Waals surface area contributed by atoms with E-state index in [1.54, 1.807) is 0 Å². The maximum absolute atomic E-state index is 13.2. The van der Waals surface area contributed by atoms with Gasteiger partial charge < -0.3 is 15.5 Å². The van der Waals surface area contributed by atoms with Crippen molar-refractivity contribution in [2.24, 2.45) is 4.99 Å². The molecule has 0 aliphatic heterocycles. The first kappa shape index (κ1) is 25.2. The first-order chi connectivity index (χ1) is 13.2. The van der Waals surface area contributed by atoms with E-state index < -0.39 is 17.6 Å². The van der Waals surface area contributed by atoms with E-state index >= 15 is 0 Å². The predicted molar refractivity (Wildman–Crippen MR) is 118 cm³/mol. The highest BCUT2D eigenvalue weighted by Gasteiger charge is 2.33. The second-order valence-corrected chi connectivity index (χ2v) is 6.64. The molecule has 2 aromatic rings. The highest BCUT2D eigenvalue weighted by Crippen LogP contribution is 2.32. The number of hydrogen-bond donors (Lipinski definition) is 2. The molecular weight excluding hydrogens is 499 g/mol. The van der Waals surface area contributed by atoms with Gasteiger partial charge in [0.2, 0.25) is 0 Å². The Kier molecular flexibility index (Phi) is 9.84. The van der Waals surface area contributed by atoms with Crippen LogP contribution in [0.1, 0.15) is 22.3 Å². The molecule has 0 saturated carbocycles. The number of alkyl halides is 3. The van der Waals surface area contributed by atoms with Crippen molar-refractivity contribution < 1.29 is 17.6 Å². The Morgan fingerprint density at radius 3 is 2.28 bits per heavy atom. The molecule has 0 spiro atoms. The van der Waals surface area contributed by atoms with Gasteiger partial charge in [-0.3, -0.25) is 4.99 Å². The van der Waals surface area contributed by atoms with E-state index in [4.69, 9.17) is 0 Å². The fourth-order valence-electron chi connectivity index (χ4n) is 2.76. The molecule has 0 heterocycles. The highest BCUT2D eigenvalue weighted by atomic mass is 127. The summed E-state index contributed by atoms with van der Waals surface area (Å²) in [5.41, 5.74) is 1.14. The molecular formula is C20H25F4IN4. The second kappa shape index (κ2) is 11.3. The van der Waals surface area contributed by atoms with E-state index in [9.17, 15) is 17.6 Å². The van der Waals surface area contributed by atoms with Gasteiger partial charge in [0, 0.05) is 26.7 Å². The molecule has 2 rings (SSSR count). The van der Waals surface area contributed by atoms with Crippen molar-refractivity contribution in [2.45, 2.75) is 25.8 Å². The number of benzene rings is 2. The zero-order chi connectivity index (χ0) is 20.7. The fourth-order valence-corrected chi connectivity index (χ4v) is 2.76. The predicted octanol–water partition coefficient (Wildman–Crippen LogP) is 4.39. The molecule has 29 heavy (non-hydrogen) atoms. The summed E-state index contributed by atoms with van der Waals surface area (Å²) in [5, 5.41) is 5.92. The van der Waals surface area contributed by atoms with Gasteiger partial charge in [-0.15, -0.1) is 24.0 Å². The molecule has 2 N–H and O–H groups in total. The third-order valence-corrected chi connectivity index (χ3v) is 4.00. The summed E-state index contributed by atoms with van der Waals surface area (Å²) in [4.78, 5) is 6.09. The highest BCUT2D eigenvalue weighted by molar-refractivity contribution is 14.0. The smallest absolute Gasteiger partial charge is 0.352 e. The molecule has 4 nitrogen and oxygen atoms in total. The summed E-state index contributed by atoms with van der Waals surface area (Å²) in [5.74, 6) is -0.563. The van der Waals surface area contributed by atoms with Crippen molar-refractivity contribution >= 4 is 29.9 Å². The van der Waals surface area contributed by atoms with Crippen LogP contribution in [0.3, 0.4) is 0 Å². The minimum Gasteiger partial charge on any atom is -0.352 e. The molecule has 0 fully saturated rings. The standard InChI is InChI=1S/C20H24F4N4.HI/c1-25-19(26-11-14-5-4-6-15(9-14)13-28(2)3)27-12-16-7-8-17(21)10-18(16)20(22,23)24;/h4-10H,11-13H2,1-3H3,(H2,25,26,27);1H. The molecule has 0 aliphatic carbocycles. The Bertz CT molecular complexity index is 822. The van der Waals surface area contributed by atoms with Gasteiger partial charge in [-0.05, 0) is 42.9 Å². The SMILES string of the molecule is CN=C(NCc1cccc(CN(C)C)c1)NCc1ccc(F)cc1C(F)(F)F.I. The lowest BCUT2D eigenvalue weighted by Crippen LogP contribution is -2.36. The molecule has 0 atom stereocenters. The minimum atomic E-state index is -4.62. The lowest BCUT2D eigenvalue weighted by Gasteiger charge is -2.16. The van der Waals surface area contributed by atoms with Gasteiger partial charge in [0.05, 0.1) is 5.56 Å². The summed E-state index contributed by atoms with van der Waals surface area (Å²) in [6.07, 6.45) is -4.62. The third kappa shape index (κ3) is 8.17. The lowest BCUT2D eigenvalue weighted by molar-refractivity contribution is -0.138. The first-order valence-electron chi connectivity index (χ1n) is 8.71. The topological polar surface area (TPSA) is 39.7 Å². The molecule has 9 heteroatoms. The normalized spacial score (nSPS) is 11.9. The summed E-state index contributed by atoms with van der Waals surface area (Å²) in [7, 11) is 5.51. The van der Waals surface area contributed by atoms with Crippen LogP contribution in [0, 0.1) is 5.82 Å². The quantitative estimate of drug-likeness (QED) is 0.255. The van der Waals surface area contributed by atoms with E-state index in [-0.39, 0.29) is 36.1 Å². The molecule has 160 valence electrons. The van der Waals surface area contributed by atoms with Gasteiger partial charge in [0.25, 0.3) is 0 Å². The molecule has 0 aromatic heterocycles. The Balaban J connectivity index is 0.00000420. The number of guanidine groups is 1. The lowest BCUT2D eigenvalue weighted by atomic mass is 10.1. The van der Waals surface area contributed by atoms with Gasteiger partial charge in [0.15, 0.2) is 5.96 Å². The molecule has 0 radical (unpaired) electrons. The first-order valence-corrected chi connectivity index (χ1v) is 8.71. The third-order valence-electron chi connectivity index (χ3n) is 4.00. The van der Waals surface area contributed by atoms with Gasteiger partial charge in [0.1, 0.15) is 5.82 Å². The van der Waals surface area contributed by atoms with Crippen LogP contribution in [-0.2, 0) is 25.8 Å². The van der Waals surface area contributed by atoms with Gasteiger partial charge in [-0.2, -0.15) is 13.2 Å². The number of rotatable bonds is 6. The zero-order valence-corrected chi connectivity index (χ0v) is 18.8. The molecule has 0 unspecified atom stereocenters. The van der Waals surface area contributed by atoms with E-state index in [2.05, 4.69) is 26.6 Å². The Labute approximate surface area is 185 Å². The maximum atomic E-state index is 13.2. The van der Waals surface area contributed by atoms with Crippen LogP contribution in [0.25, 0.3) is 0 Å². The Morgan fingerprint density at radius 1 is 1.00 bits per heavy atom. The van der Waals surface area contributed by atoms with Crippen LogP contribution in [0.15, 0.2) is 47.5 Å². The maximum Gasteiger partial charge on any atom is 0.416 e. The van der Waals surface area contributed by atoms with Crippen molar-refractivity contribution in [3.63, 3.8) is 0 Å². The number of aliphatic imine (C=N–C) groups is 1. The van der Waals surface area contributed by atoms with E-state index in [0.717, 1.165) is 29.8 Å². The zero-order valence-electron chi connectivity index (χ0n) is 16.5. The number of hydrogen-bond acceptors (Lipinski definition) is 2. The average Bonchev–Trinajstić information content (AvgIpc) is 2.61. The van der Waals surface area contributed by atoms with Crippen molar-refractivity contribution in [3.8, 4) is 0 Å². The van der Waals surface area contributed by atoms with Crippen LogP contribution < -0.4 is 10.6 Å². The fraction of sp³-hybridized carbons (Fsp3) is 0.350. The molecule has 2 aromatic carbocycles. The van der Waals surface area contributed by atoms with Crippen LogP contribution in [0.5, 0.6) is 0 Å². The molecule has 0 amide bonds. The van der Waals surface area contributed by atoms with Crippen molar-refractivity contribution in [1.82, 2.24) is 15.5 Å². The summed E-state index contributed by atoms with van der Waals surface area (Å²) < 4.78 is 52.5. The Morgan fingerprint density at radius 2 is 1.66 bits per heavy atom. The number of halogens is 5. The van der Waals surface area contributed by atoms with E-state index in [1.807, 2.05) is 32.3 Å². The van der Waals surface area contributed by atoms with E-state index in [1.165, 1.54) is 7.05 Å². The van der Waals surface area contributed by atoms with Crippen molar-refractivity contribution in [3.05, 3.63) is 70.5 Å². The van der Waals surface area contributed by atoms with E-state index in [0.29, 0.717) is 18.6 Å². The monoisotopic (exact) mass is 524 g/mol. The van der Waals surface area contributed by atoms with Crippen LogP contribution in [0.4, 0.5) is 17.6 Å². The molecule has 0 bridgehead atoms. The minimum absolute atomic E-state index is 0. The Hall–Kier alpha value is -1.88. The van der Waals surface area contributed by atoms with Crippen LogP contribution in [0.2, 0.25) is 0 Å². The number of nitrogens with one attached hydrogen (secondary N) is 2. The van der Waals surface area contributed by atoms with Crippen molar-refractivity contribution in [2.75, 3.05) is 21.1 Å². The van der Waals surface area contributed by atoms with Crippen LogP contribution in [-0.4, -0.2) is 32.0 Å². The summed E-state index contributed by atoms with van der Waals surface area (Å²) in [6, 6.07) is 10.7. The van der Waals surface area contributed by atoms with Crippen molar-refractivity contribution in [1.29, 1.82) is 0 Å². The molecule has 0 aliphatic rings.